The first-order chi connectivity index (χ1) is 2.77. The molecule has 0 fully saturated rings. The van der Waals surface area contributed by atoms with Gasteiger partial charge in [-0.15, -0.1) is 0 Å². The Kier molecular flexibility index (Phi) is 2.46. The van der Waals surface area contributed by atoms with Crippen LogP contribution < -0.4 is 0 Å². The van der Waals surface area contributed by atoms with Gasteiger partial charge in [-0.1, -0.05) is 6.58 Å². The molecular weight excluding hydrogens is 83.0 g/mol. The van der Waals surface area contributed by atoms with Crippen LogP contribution in [0.1, 0.15) is 6.92 Å². The monoisotopic (exact) mass is 90.0 g/mol. The smallest absolute Gasteiger partial charge is 0.228 e. The van der Waals surface area contributed by atoms with E-state index in [1.165, 1.54) is 0 Å². The molecule has 0 unspecified atom stereocenters. The molecule has 2 heteroatoms. The number of alkyl halides is 1. The Bertz CT molecular complexity index is 51.5. The number of ether oxygens (including phenoxy) is 1. The third kappa shape index (κ3) is 3.47. The number of allylic oxidation sites excluding steroid dienone is 1. The van der Waals surface area contributed by atoms with Crippen LogP contribution in [0.25, 0.3) is 0 Å². The highest BCUT2D eigenvalue weighted by atomic mass is 19.1. The lowest BCUT2D eigenvalue weighted by molar-refractivity contribution is 0.118. The Hall–Kier alpha value is -0.530. The minimum absolute atomic E-state index is 0.414. The summed E-state index contributed by atoms with van der Waals surface area (Å²) in [7, 11) is 0. The van der Waals surface area contributed by atoms with Gasteiger partial charge in [-0.05, 0) is 6.92 Å². The fourth-order valence-corrected chi connectivity index (χ4v) is 0.0931. The minimum Gasteiger partial charge on any atom is -0.468 e. The standard InChI is InChI=1S/C4H7FO/c1-4(2)6-3-5/h1,3H2,2H3. The van der Waals surface area contributed by atoms with Crippen LogP contribution in [0.5, 0.6) is 0 Å². The van der Waals surface area contributed by atoms with Gasteiger partial charge in [0.2, 0.25) is 6.86 Å². The molecule has 0 amide bonds. The van der Waals surface area contributed by atoms with Crippen molar-refractivity contribution in [3.63, 3.8) is 0 Å². The Morgan fingerprint density at radius 3 is 2.50 bits per heavy atom. The normalized spacial score (nSPS) is 7.67. The molecular formula is C4H7FO. The van der Waals surface area contributed by atoms with E-state index < -0.39 is 6.86 Å². The summed E-state index contributed by atoms with van der Waals surface area (Å²) in [6.07, 6.45) is 0. The van der Waals surface area contributed by atoms with Crippen LogP contribution in [0, 0.1) is 0 Å². The van der Waals surface area contributed by atoms with Crippen molar-refractivity contribution in [2.24, 2.45) is 0 Å². The van der Waals surface area contributed by atoms with Gasteiger partial charge in [-0.3, -0.25) is 0 Å². The molecule has 0 saturated carbocycles. The van der Waals surface area contributed by atoms with Gasteiger partial charge in [-0.2, -0.15) is 0 Å². The van der Waals surface area contributed by atoms with Crippen molar-refractivity contribution in [1.82, 2.24) is 0 Å². The van der Waals surface area contributed by atoms with Gasteiger partial charge in [0, 0.05) is 0 Å². The van der Waals surface area contributed by atoms with E-state index in [1.807, 2.05) is 0 Å². The van der Waals surface area contributed by atoms with E-state index in [0.717, 1.165) is 0 Å². The topological polar surface area (TPSA) is 9.23 Å². The van der Waals surface area contributed by atoms with Crippen molar-refractivity contribution >= 4 is 0 Å². The van der Waals surface area contributed by atoms with Gasteiger partial charge in [0.25, 0.3) is 0 Å². The van der Waals surface area contributed by atoms with Crippen LogP contribution in [-0.4, -0.2) is 6.86 Å². The van der Waals surface area contributed by atoms with E-state index in [-0.39, 0.29) is 0 Å². The predicted molar refractivity (Wildman–Crippen MR) is 21.9 cm³/mol. The van der Waals surface area contributed by atoms with E-state index in [2.05, 4.69) is 11.3 Å². The molecule has 0 spiro atoms. The highest BCUT2D eigenvalue weighted by Crippen LogP contribution is 1.86. The van der Waals surface area contributed by atoms with Gasteiger partial charge in [0.15, 0.2) is 0 Å². The average molecular weight is 90.1 g/mol. The molecule has 0 aliphatic carbocycles. The molecule has 0 heterocycles. The summed E-state index contributed by atoms with van der Waals surface area (Å²) in [5, 5.41) is 0. The molecule has 0 aromatic rings. The predicted octanol–water partition coefficient (Wildman–Crippen LogP) is 1.46. The molecule has 6 heavy (non-hydrogen) atoms. The van der Waals surface area contributed by atoms with Gasteiger partial charge in [-0.25, -0.2) is 4.39 Å². The van der Waals surface area contributed by atoms with Crippen molar-refractivity contribution < 1.29 is 9.13 Å². The summed E-state index contributed by atoms with van der Waals surface area (Å²) in [4.78, 5) is 0. The average Bonchev–Trinajstić information content (AvgIpc) is 1.35. The molecule has 0 rings (SSSR count). The Morgan fingerprint density at radius 1 is 2.00 bits per heavy atom. The molecule has 0 aliphatic rings. The molecule has 0 saturated heterocycles. The lowest BCUT2D eigenvalue weighted by Gasteiger charge is -1.92. The zero-order valence-electron chi connectivity index (χ0n) is 3.70. The molecule has 0 aromatic carbocycles. The summed E-state index contributed by atoms with van der Waals surface area (Å²) in [6, 6.07) is 0. The van der Waals surface area contributed by atoms with Gasteiger partial charge < -0.3 is 4.74 Å². The van der Waals surface area contributed by atoms with E-state index in [0.29, 0.717) is 5.76 Å². The Labute approximate surface area is 36.4 Å². The number of halogens is 1. The first-order valence-corrected chi connectivity index (χ1v) is 1.61. The van der Waals surface area contributed by atoms with Crippen LogP contribution in [0.3, 0.4) is 0 Å². The van der Waals surface area contributed by atoms with Gasteiger partial charge in [0.1, 0.15) is 0 Å². The number of hydrogen-bond acceptors (Lipinski definition) is 1. The summed E-state index contributed by atoms with van der Waals surface area (Å²) >= 11 is 0. The van der Waals surface area contributed by atoms with E-state index in [1.54, 1.807) is 6.92 Å². The highest BCUT2D eigenvalue weighted by molar-refractivity contribution is 4.71. The SMILES string of the molecule is C=C(C)OCF. The number of hydrogen-bond donors (Lipinski definition) is 0. The molecule has 0 atom stereocenters. The fraction of sp³-hybridized carbons (Fsp3) is 0.500. The molecule has 0 aromatic heterocycles. The molecule has 0 N–H and O–H groups in total. The second kappa shape index (κ2) is 2.69. The van der Waals surface area contributed by atoms with Crippen LogP contribution in [0.15, 0.2) is 12.3 Å². The van der Waals surface area contributed by atoms with Crippen molar-refractivity contribution in [3.05, 3.63) is 12.3 Å². The van der Waals surface area contributed by atoms with Crippen LogP contribution in [-0.2, 0) is 4.74 Å². The van der Waals surface area contributed by atoms with Crippen LogP contribution in [0.2, 0.25) is 0 Å². The van der Waals surface area contributed by atoms with Gasteiger partial charge in [0.05, 0.1) is 5.76 Å². The third-order valence-corrected chi connectivity index (χ3v) is 0.301. The van der Waals surface area contributed by atoms with Crippen LogP contribution in [0.4, 0.5) is 4.39 Å². The number of rotatable bonds is 2. The van der Waals surface area contributed by atoms with Crippen molar-refractivity contribution in [2.75, 3.05) is 6.86 Å². The summed E-state index contributed by atoms with van der Waals surface area (Å²) in [5.41, 5.74) is 0. The lowest BCUT2D eigenvalue weighted by atomic mass is 10.7. The molecule has 0 bridgehead atoms. The van der Waals surface area contributed by atoms with Crippen molar-refractivity contribution in [3.8, 4) is 0 Å². The van der Waals surface area contributed by atoms with E-state index >= 15 is 0 Å². The Morgan fingerprint density at radius 2 is 2.50 bits per heavy atom. The zero-order chi connectivity index (χ0) is 4.99. The molecule has 36 valence electrons. The van der Waals surface area contributed by atoms with Crippen LogP contribution >= 0.6 is 0 Å². The summed E-state index contributed by atoms with van der Waals surface area (Å²) in [5.74, 6) is 0.414. The first kappa shape index (κ1) is 5.47. The van der Waals surface area contributed by atoms with Crippen molar-refractivity contribution in [1.29, 1.82) is 0 Å². The van der Waals surface area contributed by atoms with E-state index in [9.17, 15) is 4.39 Å². The highest BCUT2D eigenvalue weighted by Gasteiger charge is 1.75. The van der Waals surface area contributed by atoms with E-state index in [4.69, 9.17) is 0 Å². The fourth-order valence-electron chi connectivity index (χ4n) is 0.0931. The minimum atomic E-state index is -0.769. The zero-order valence-corrected chi connectivity index (χ0v) is 3.70. The molecule has 0 aliphatic heterocycles. The second-order valence-electron chi connectivity index (χ2n) is 0.955. The first-order valence-electron chi connectivity index (χ1n) is 1.61. The maximum atomic E-state index is 11.0. The molecule has 0 radical (unpaired) electrons. The summed E-state index contributed by atoms with van der Waals surface area (Å²) in [6.45, 7) is 4.11. The lowest BCUT2D eigenvalue weighted by Crippen LogP contribution is -1.79. The third-order valence-electron chi connectivity index (χ3n) is 0.301. The largest absolute Gasteiger partial charge is 0.468 e. The van der Waals surface area contributed by atoms with Gasteiger partial charge >= 0.3 is 0 Å². The summed E-state index contributed by atoms with van der Waals surface area (Å²) < 4.78 is 15.1. The quantitative estimate of drug-likeness (QED) is 0.466. The maximum absolute atomic E-state index is 11.0. The van der Waals surface area contributed by atoms with Crippen molar-refractivity contribution in [2.45, 2.75) is 6.92 Å². The maximum Gasteiger partial charge on any atom is 0.228 e. The molecule has 1 nitrogen and oxygen atoms in total. The Balaban J connectivity index is 2.83. The second-order valence-corrected chi connectivity index (χ2v) is 0.955.